The van der Waals surface area contributed by atoms with Gasteiger partial charge in [0.05, 0.1) is 11.9 Å². The molecular weight excluding hydrogens is 314 g/mol. The number of hydrogen-bond donors (Lipinski definition) is 1. The molecule has 2 aromatic rings. The molecule has 92 valence electrons. The van der Waals surface area contributed by atoms with Gasteiger partial charge in [-0.3, -0.25) is 4.79 Å². The van der Waals surface area contributed by atoms with E-state index in [0.717, 1.165) is 0 Å². The highest BCUT2D eigenvalue weighted by molar-refractivity contribution is 9.10. The van der Waals surface area contributed by atoms with Crippen LogP contribution in [0.2, 0.25) is 0 Å². The zero-order chi connectivity index (χ0) is 13.0. The second-order valence-corrected chi connectivity index (χ2v) is 5.10. The van der Waals surface area contributed by atoms with Crippen LogP contribution in [0.15, 0.2) is 32.3 Å². The maximum Gasteiger partial charge on any atom is 0.284 e. The molecule has 1 N–H and O–H groups in total. The molecule has 0 saturated carbocycles. The summed E-state index contributed by atoms with van der Waals surface area (Å²) < 4.78 is 1.68. The van der Waals surface area contributed by atoms with Gasteiger partial charge in [-0.2, -0.15) is 16.4 Å². The molecule has 0 fully saturated rings. The van der Waals surface area contributed by atoms with Gasteiger partial charge in [-0.05, 0) is 38.3 Å². The molecule has 0 saturated heterocycles. The van der Waals surface area contributed by atoms with Crippen LogP contribution in [0.5, 0.6) is 0 Å². The molecule has 0 unspecified atom stereocenters. The third-order valence-electron chi connectivity index (χ3n) is 2.29. The van der Waals surface area contributed by atoms with Gasteiger partial charge in [0, 0.05) is 6.54 Å². The van der Waals surface area contributed by atoms with Crippen LogP contribution in [-0.4, -0.2) is 9.78 Å². The molecule has 0 aliphatic carbocycles. The van der Waals surface area contributed by atoms with E-state index in [1.807, 2.05) is 16.8 Å². The zero-order valence-electron chi connectivity index (χ0n) is 9.39. The molecule has 0 atom stereocenters. The van der Waals surface area contributed by atoms with Crippen molar-refractivity contribution >= 4 is 33.0 Å². The molecule has 0 aliphatic heterocycles. The van der Waals surface area contributed by atoms with Crippen LogP contribution >= 0.6 is 27.3 Å². The minimum atomic E-state index is -0.233. The average Bonchev–Trinajstić information content (AvgIpc) is 2.87. The van der Waals surface area contributed by atoms with Crippen LogP contribution in [-0.2, 0) is 13.1 Å². The predicted molar refractivity (Wildman–Crippen MR) is 76.7 cm³/mol. The molecule has 6 heteroatoms. The minimum Gasteiger partial charge on any atom is -0.379 e. The first-order valence-electron chi connectivity index (χ1n) is 5.16. The number of thiophene rings is 1. The van der Waals surface area contributed by atoms with Gasteiger partial charge in [-0.15, -0.1) is 6.42 Å². The lowest BCUT2D eigenvalue weighted by Crippen LogP contribution is -2.24. The Morgan fingerprint density at radius 3 is 3.11 bits per heavy atom. The van der Waals surface area contributed by atoms with Crippen LogP contribution in [0, 0.1) is 12.3 Å². The van der Waals surface area contributed by atoms with Crippen molar-refractivity contribution in [1.29, 1.82) is 0 Å². The lowest BCUT2D eigenvalue weighted by molar-refractivity contribution is 0.659. The van der Waals surface area contributed by atoms with Gasteiger partial charge in [-0.1, -0.05) is 5.92 Å². The van der Waals surface area contributed by atoms with Gasteiger partial charge in [0.15, 0.2) is 0 Å². The number of hydrogen-bond acceptors (Lipinski definition) is 4. The maximum absolute atomic E-state index is 11.9. The summed E-state index contributed by atoms with van der Waals surface area (Å²) in [7, 11) is 0. The first-order valence-corrected chi connectivity index (χ1v) is 6.90. The Balaban J connectivity index is 2.17. The van der Waals surface area contributed by atoms with E-state index in [4.69, 9.17) is 6.42 Å². The second kappa shape index (κ2) is 5.85. The van der Waals surface area contributed by atoms with Gasteiger partial charge in [0.1, 0.15) is 11.0 Å². The monoisotopic (exact) mass is 323 g/mol. The van der Waals surface area contributed by atoms with E-state index in [-0.39, 0.29) is 12.1 Å². The third-order valence-corrected chi connectivity index (χ3v) is 3.79. The third kappa shape index (κ3) is 2.81. The van der Waals surface area contributed by atoms with Crippen LogP contribution in [0.4, 0.5) is 5.69 Å². The molecule has 4 nitrogen and oxygen atoms in total. The lowest BCUT2D eigenvalue weighted by atomic mass is 10.3. The van der Waals surface area contributed by atoms with Crippen molar-refractivity contribution in [2.75, 3.05) is 5.32 Å². The maximum atomic E-state index is 11.9. The molecule has 0 amide bonds. The SMILES string of the molecule is C#CCn1ncc(NCc2ccsc2)c(Br)c1=O. The van der Waals surface area contributed by atoms with E-state index >= 15 is 0 Å². The molecule has 18 heavy (non-hydrogen) atoms. The van der Waals surface area contributed by atoms with Crippen LogP contribution in [0.3, 0.4) is 0 Å². The first-order chi connectivity index (χ1) is 8.72. The zero-order valence-corrected chi connectivity index (χ0v) is 11.8. The van der Waals surface area contributed by atoms with Crippen molar-refractivity contribution in [1.82, 2.24) is 9.78 Å². The first kappa shape index (κ1) is 12.9. The highest BCUT2D eigenvalue weighted by atomic mass is 79.9. The average molecular weight is 324 g/mol. The van der Waals surface area contributed by atoms with E-state index in [2.05, 4.69) is 32.3 Å². The summed E-state index contributed by atoms with van der Waals surface area (Å²) in [4.78, 5) is 11.9. The summed E-state index contributed by atoms with van der Waals surface area (Å²) in [6.45, 7) is 0.824. The fraction of sp³-hybridized carbons (Fsp3) is 0.167. The van der Waals surface area contributed by atoms with E-state index in [1.54, 1.807) is 17.5 Å². The van der Waals surface area contributed by atoms with E-state index < -0.39 is 0 Å². The summed E-state index contributed by atoms with van der Waals surface area (Å²) >= 11 is 4.90. The molecule has 0 bridgehead atoms. The largest absolute Gasteiger partial charge is 0.379 e. The predicted octanol–water partition coefficient (Wildman–Crippen LogP) is 2.31. The van der Waals surface area contributed by atoms with Crippen molar-refractivity contribution in [2.45, 2.75) is 13.1 Å². The van der Waals surface area contributed by atoms with Crippen LogP contribution in [0.25, 0.3) is 0 Å². The van der Waals surface area contributed by atoms with Gasteiger partial charge >= 0.3 is 0 Å². The van der Waals surface area contributed by atoms with E-state index in [0.29, 0.717) is 16.7 Å². The standard InChI is InChI=1S/C12H10BrN3OS/c1-2-4-16-12(17)11(13)10(7-15-16)14-6-9-3-5-18-8-9/h1,3,5,7-8,14H,4,6H2. The van der Waals surface area contributed by atoms with Crippen LogP contribution in [0.1, 0.15) is 5.56 Å². The normalized spacial score (nSPS) is 10.0. The number of rotatable bonds is 4. The summed E-state index contributed by atoms with van der Waals surface area (Å²) in [5, 5.41) is 11.2. The molecule has 2 rings (SSSR count). The molecule has 0 spiro atoms. The number of aromatic nitrogens is 2. The number of halogens is 1. The fourth-order valence-corrected chi connectivity index (χ4v) is 2.49. The molecule has 0 aromatic carbocycles. The quantitative estimate of drug-likeness (QED) is 0.878. The number of nitrogens with zero attached hydrogens (tertiary/aromatic N) is 2. The Labute approximate surface area is 117 Å². The topological polar surface area (TPSA) is 46.9 Å². The summed E-state index contributed by atoms with van der Waals surface area (Å²) in [5.41, 5.74) is 1.60. The van der Waals surface area contributed by atoms with Crippen molar-refractivity contribution in [2.24, 2.45) is 0 Å². The highest BCUT2D eigenvalue weighted by Gasteiger charge is 2.07. The molecule has 2 heterocycles. The summed E-state index contributed by atoms with van der Waals surface area (Å²) in [6, 6.07) is 2.03. The number of terminal acetylenes is 1. The molecule has 0 radical (unpaired) electrons. The summed E-state index contributed by atoms with van der Waals surface area (Å²) in [6.07, 6.45) is 6.75. The highest BCUT2D eigenvalue weighted by Crippen LogP contribution is 2.17. The number of anilines is 1. The van der Waals surface area contributed by atoms with Crippen molar-refractivity contribution < 1.29 is 0 Å². The Hall–Kier alpha value is -1.58. The van der Waals surface area contributed by atoms with Gasteiger partial charge in [0.25, 0.3) is 5.56 Å². The molecule has 0 aliphatic rings. The Bertz CT molecular complexity index is 628. The van der Waals surface area contributed by atoms with Crippen molar-refractivity contribution in [3.8, 4) is 12.3 Å². The molecule has 2 aromatic heterocycles. The summed E-state index contributed by atoms with van der Waals surface area (Å²) in [5.74, 6) is 2.39. The van der Waals surface area contributed by atoms with Crippen molar-refractivity contribution in [3.63, 3.8) is 0 Å². The molecular formula is C12H10BrN3OS. The van der Waals surface area contributed by atoms with E-state index in [1.165, 1.54) is 10.2 Å². The fourth-order valence-electron chi connectivity index (χ4n) is 1.38. The minimum absolute atomic E-state index is 0.169. The second-order valence-electron chi connectivity index (χ2n) is 3.52. The van der Waals surface area contributed by atoms with Gasteiger partial charge in [-0.25, -0.2) is 4.68 Å². The Morgan fingerprint density at radius 1 is 1.61 bits per heavy atom. The van der Waals surface area contributed by atoms with Gasteiger partial charge in [0.2, 0.25) is 0 Å². The van der Waals surface area contributed by atoms with Gasteiger partial charge < -0.3 is 5.32 Å². The lowest BCUT2D eigenvalue weighted by Gasteiger charge is -2.08. The number of nitrogens with one attached hydrogen (secondary N) is 1. The smallest absolute Gasteiger partial charge is 0.284 e. The van der Waals surface area contributed by atoms with E-state index in [9.17, 15) is 4.79 Å². The Morgan fingerprint density at radius 2 is 2.44 bits per heavy atom. The van der Waals surface area contributed by atoms with Crippen LogP contribution < -0.4 is 10.9 Å². The Kier molecular flexibility index (Phi) is 4.18. The van der Waals surface area contributed by atoms with Crippen molar-refractivity contribution in [3.05, 3.63) is 43.4 Å².